The zero-order valence-electron chi connectivity index (χ0n) is 11.6. The van der Waals surface area contributed by atoms with E-state index >= 15 is 0 Å². The van der Waals surface area contributed by atoms with E-state index in [1.54, 1.807) is 16.4 Å². The van der Waals surface area contributed by atoms with Crippen LogP contribution in [0.4, 0.5) is 0 Å². The highest BCUT2D eigenvalue weighted by Crippen LogP contribution is 2.37. The van der Waals surface area contributed by atoms with Gasteiger partial charge in [-0.3, -0.25) is 4.79 Å². The number of amides is 1. The zero-order chi connectivity index (χ0) is 14.8. The van der Waals surface area contributed by atoms with E-state index in [1.165, 1.54) is 0 Å². The van der Waals surface area contributed by atoms with E-state index in [0.717, 1.165) is 11.3 Å². The summed E-state index contributed by atoms with van der Waals surface area (Å²) in [6.07, 6.45) is 1.90. The molecule has 110 valence electrons. The average Bonchev–Trinajstić information content (AvgIpc) is 3.05. The summed E-state index contributed by atoms with van der Waals surface area (Å²) in [4.78, 5) is 13.6. The standard InChI is InChI=1S/C14H15ClN4OS/c1-2-19-13(20)9-21-14(19)12-8-18(17-16-12)7-10-4-3-5-11(15)6-10/h3-6,8,14H,2,7,9H2,1H3/t14-/m0/s1. The largest absolute Gasteiger partial charge is 0.324 e. The normalized spacial score (nSPS) is 18.5. The van der Waals surface area contributed by atoms with Crippen molar-refractivity contribution in [1.82, 2.24) is 19.9 Å². The maximum Gasteiger partial charge on any atom is 0.233 e. The van der Waals surface area contributed by atoms with Crippen molar-refractivity contribution >= 4 is 29.3 Å². The minimum absolute atomic E-state index is 0.0180. The van der Waals surface area contributed by atoms with Gasteiger partial charge in [-0.15, -0.1) is 16.9 Å². The third-order valence-corrected chi connectivity index (χ3v) is 4.81. The van der Waals surface area contributed by atoms with Gasteiger partial charge in [-0.2, -0.15) is 0 Å². The second-order valence-electron chi connectivity index (χ2n) is 4.81. The highest BCUT2D eigenvalue weighted by atomic mass is 35.5. The number of hydrogen-bond donors (Lipinski definition) is 0. The van der Waals surface area contributed by atoms with E-state index in [0.29, 0.717) is 23.9 Å². The maximum absolute atomic E-state index is 11.8. The van der Waals surface area contributed by atoms with Gasteiger partial charge in [0.25, 0.3) is 0 Å². The van der Waals surface area contributed by atoms with Crippen molar-refractivity contribution in [3.8, 4) is 0 Å². The minimum atomic E-state index is -0.0180. The Hall–Kier alpha value is -1.53. The molecule has 2 heterocycles. The van der Waals surface area contributed by atoms with Gasteiger partial charge in [0.1, 0.15) is 11.1 Å². The summed E-state index contributed by atoms with van der Waals surface area (Å²) < 4.78 is 1.78. The molecule has 0 bridgehead atoms. The first-order valence-corrected chi connectivity index (χ1v) is 8.15. The van der Waals surface area contributed by atoms with Crippen LogP contribution in [0.25, 0.3) is 0 Å². The number of aromatic nitrogens is 3. The predicted molar refractivity (Wildman–Crippen MR) is 83.2 cm³/mol. The number of nitrogens with zero attached hydrogens (tertiary/aromatic N) is 4. The highest BCUT2D eigenvalue weighted by molar-refractivity contribution is 8.00. The van der Waals surface area contributed by atoms with E-state index < -0.39 is 0 Å². The molecule has 0 unspecified atom stereocenters. The first kappa shape index (κ1) is 14.4. The number of thioether (sulfide) groups is 1. The topological polar surface area (TPSA) is 51.0 Å². The van der Waals surface area contributed by atoms with Crippen molar-refractivity contribution in [1.29, 1.82) is 0 Å². The number of hydrogen-bond acceptors (Lipinski definition) is 4. The Morgan fingerprint density at radius 3 is 3.10 bits per heavy atom. The molecule has 7 heteroatoms. The van der Waals surface area contributed by atoms with Crippen LogP contribution in [0.1, 0.15) is 23.6 Å². The summed E-state index contributed by atoms with van der Waals surface area (Å²) in [6.45, 7) is 3.29. The monoisotopic (exact) mass is 322 g/mol. The van der Waals surface area contributed by atoms with Crippen LogP contribution in [0.15, 0.2) is 30.5 Å². The van der Waals surface area contributed by atoms with Crippen LogP contribution in [0.2, 0.25) is 5.02 Å². The molecule has 0 radical (unpaired) electrons. The molecule has 2 aromatic rings. The Kier molecular flexibility index (Phi) is 4.17. The molecule has 0 spiro atoms. The minimum Gasteiger partial charge on any atom is -0.324 e. The number of carbonyl (C=O) groups excluding carboxylic acids is 1. The lowest BCUT2D eigenvalue weighted by molar-refractivity contribution is -0.127. The Morgan fingerprint density at radius 2 is 2.33 bits per heavy atom. The first-order chi connectivity index (χ1) is 10.2. The second kappa shape index (κ2) is 6.07. The fourth-order valence-corrected chi connectivity index (χ4v) is 3.77. The predicted octanol–water partition coefficient (Wildman–Crippen LogP) is 2.57. The first-order valence-electron chi connectivity index (χ1n) is 6.73. The molecule has 0 saturated carbocycles. The fraction of sp³-hybridized carbons (Fsp3) is 0.357. The van der Waals surface area contributed by atoms with Gasteiger partial charge in [-0.1, -0.05) is 28.9 Å². The van der Waals surface area contributed by atoms with E-state index in [9.17, 15) is 4.79 Å². The van der Waals surface area contributed by atoms with Gasteiger partial charge >= 0.3 is 0 Å². The summed E-state index contributed by atoms with van der Waals surface area (Å²) in [5.74, 6) is 0.677. The quantitative estimate of drug-likeness (QED) is 0.868. The lowest BCUT2D eigenvalue weighted by atomic mass is 10.2. The van der Waals surface area contributed by atoms with Gasteiger partial charge in [0.15, 0.2) is 0 Å². The Balaban J connectivity index is 1.76. The molecular weight excluding hydrogens is 308 g/mol. The van der Waals surface area contributed by atoms with Crippen LogP contribution in [-0.2, 0) is 11.3 Å². The van der Waals surface area contributed by atoms with Gasteiger partial charge in [-0.05, 0) is 24.6 Å². The third kappa shape index (κ3) is 3.06. The summed E-state index contributed by atoms with van der Waals surface area (Å²) in [6, 6.07) is 7.67. The summed E-state index contributed by atoms with van der Waals surface area (Å²) >= 11 is 7.58. The van der Waals surface area contributed by atoms with Crippen LogP contribution in [-0.4, -0.2) is 38.1 Å². The van der Waals surface area contributed by atoms with Gasteiger partial charge in [-0.25, -0.2) is 4.68 Å². The van der Waals surface area contributed by atoms with Crippen LogP contribution in [0.5, 0.6) is 0 Å². The third-order valence-electron chi connectivity index (χ3n) is 3.35. The lowest BCUT2D eigenvalue weighted by Gasteiger charge is -2.19. The Labute approximate surface area is 132 Å². The van der Waals surface area contributed by atoms with Gasteiger partial charge in [0.2, 0.25) is 5.91 Å². The molecule has 1 amide bonds. The molecule has 0 aliphatic carbocycles. The number of benzene rings is 1. The summed E-state index contributed by atoms with van der Waals surface area (Å²) in [5.41, 5.74) is 1.90. The van der Waals surface area contributed by atoms with Crippen LogP contribution < -0.4 is 0 Å². The molecular formula is C14H15ClN4OS. The molecule has 1 fully saturated rings. The van der Waals surface area contributed by atoms with Crippen molar-refractivity contribution in [3.05, 3.63) is 46.7 Å². The average molecular weight is 323 g/mol. The second-order valence-corrected chi connectivity index (χ2v) is 6.32. The Morgan fingerprint density at radius 1 is 1.48 bits per heavy atom. The van der Waals surface area contributed by atoms with E-state index in [4.69, 9.17) is 11.6 Å². The molecule has 1 aromatic heterocycles. The smallest absolute Gasteiger partial charge is 0.233 e. The van der Waals surface area contributed by atoms with Crippen LogP contribution in [0, 0.1) is 0 Å². The summed E-state index contributed by atoms with van der Waals surface area (Å²) in [5, 5.41) is 9.06. The van der Waals surface area contributed by atoms with Gasteiger partial charge in [0, 0.05) is 11.6 Å². The number of carbonyl (C=O) groups is 1. The molecule has 3 rings (SSSR count). The molecule has 1 aliphatic rings. The van der Waals surface area contributed by atoms with Crippen molar-refractivity contribution in [3.63, 3.8) is 0 Å². The van der Waals surface area contributed by atoms with Gasteiger partial charge in [0.05, 0.1) is 18.5 Å². The molecule has 1 atom stereocenters. The fourth-order valence-electron chi connectivity index (χ4n) is 2.37. The van der Waals surface area contributed by atoms with Gasteiger partial charge < -0.3 is 4.90 Å². The number of halogens is 1. The molecule has 0 N–H and O–H groups in total. The number of rotatable bonds is 4. The molecule has 1 aromatic carbocycles. The van der Waals surface area contributed by atoms with Crippen molar-refractivity contribution in [2.45, 2.75) is 18.8 Å². The van der Waals surface area contributed by atoms with Crippen LogP contribution >= 0.6 is 23.4 Å². The lowest BCUT2D eigenvalue weighted by Crippen LogP contribution is -2.27. The molecule has 1 saturated heterocycles. The van der Waals surface area contributed by atoms with Crippen molar-refractivity contribution in [2.24, 2.45) is 0 Å². The van der Waals surface area contributed by atoms with Crippen molar-refractivity contribution in [2.75, 3.05) is 12.3 Å². The van der Waals surface area contributed by atoms with Crippen LogP contribution in [0.3, 0.4) is 0 Å². The Bertz CT molecular complexity index is 660. The zero-order valence-corrected chi connectivity index (χ0v) is 13.1. The summed E-state index contributed by atoms with van der Waals surface area (Å²) in [7, 11) is 0. The molecule has 21 heavy (non-hydrogen) atoms. The SMILES string of the molecule is CCN1C(=O)CS[C@H]1c1cn(Cc2cccc(Cl)c2)nn1. The van der Waals surface area contributed by atoms with E-state index in [-0.39, 0.29) is 11.3 Å². The molecule has 1 aliphatic heterocycles. The molecule has 5 nitrogen and oxygen atoms in total. The highest BCUT2D eigenvalue weighted by Gasteiger charge is 2.33. The van der Waals surface area contributed by atoms with E-state index in [1.807, 2.05) is 42.3 Å². The van der Waals surface area contributed by atoms with Crippen molar-refractivity contribution < 1.29 is 4.79 Å². The van der Waals surface area contributed by atoms with E-state index in [2.05, 4.69) is 10.3 Å². The maximum atomic E-state index is 11.8.